The molecule has 0 bridgehead atoms. The Labute approximate surface area is 179 Å². The SMILES string of the molecule is O=C(CCc1cccnc1)Cc1ccc(NS(=O)(=O)c2cccc(Cl)c2Cl)cc1. The van der Waals surface area contributed by atoms with Crippen LogP contribution in [0.25, 0.3) is 0 Å². The van der Waals surface area contributed by atoms with Gasteiger partial charge in [0.15, 0.2) is 0 Å². The first-order valence-electron chi connectivity index (χ1n) is 8.81. The van der Waals surface area contributed by atoms with Crippen LogP contribution in [0.5, 0.6) is 0 Å². The normalized spacial score (nSPS) is 11.2. The summed E-state index contributed by atoms with van der Waals surface area (Å²) in [5, 5.41) is 0.132. The number of hydrogen-bond donors (Lipinski definition) is 1. The number of rotatable bonds is 8. The maximum absolute atomic E-state index is 12.5. The summed E-state index contributed by atoms with van der Waals surface area (Å²) in [6, 6.07) is 14.9. The minimum Gasteiger partial charge on any atom is -0.299 e. The van der Waals surface area contributed by atoms with Crippen molar-refractivity contribution in [2.75, 3.05) is 4.72 Å². The third-order valence-corrected chi connectivity index (χ3v) is 6.58. The molecule has 8 heteroatoms. The highest BCUT2D eigenvalue weighted by Crippen LogP contribution is 2.30. The fraction of sp³-hybridized carbons (Fsp3) is 0.143. The smallest absolute Gasteiger partial charge is 0.263 e. The standard InChI is InChI=1S/C21H18Cl2N2O3S/c22-19-4-1-5-20(21(19)23)29(27,28)25-17-9-6-15(7-10-17)13-18(26)11-8-16-3-2-12-24-14-16/h1-7,9-10,12,14,25H,8,11,13H2. The van der Waals surface area contributed by atoms with Gasteiger partial charge < -0.3 is 0 Å². The average Bonchev–Trinajstić information content (AvgIpc) is 2.70. The minimum atomic E-state index is -3.88. The largest absolute Gasteiger partial charge is 0.299 e. The zero-order valence-electron chi connectivity index (χ0n) is 15.3. The molecule has 1 aromatic heterocycles. The molecule has 5 nitrogen and oxygen atoms in total. The Morgan fingerprint density at radius 3 is 2.41 bits per heavy atom. The summed E-state index contributed by atoms with van der Waals surface area (Å²) in [5.41, 5.74) is 2.20. The van der Waals surface area contributed by atoms with Gasteiger partial charge in [-0.15, -0.1) is 0 Å². The molecule has 0 fully saturated rings. The number of hydrogen-bond acceptors (Lipinski definition) is 4. The molecule has 1 N–H and O–H groups in total. The number of carbonyl (C=O) groups excluding carboxylic acids is 1. The van der Waals surface area contributed by atoms with Crippen LogP contribution in [0.15, 0.2) is 71.9 Å². The lowest BCUT2D eigenvalue weighted by Crippen LogP contribution is -2.13. The first kappa shape index (κ1) is 21.3. The highest BCUT2D eigenvalue weighted by Gasteiger charge is 2.19. The zero-order chi connectivity index (χ0) is 20.9. The summed E-state index contributed by atoms with van der Waals surface area (Å²) >= 11 is 11.9. The number of aryl methyl sites for hydroxylation is 1. The van der Waals surface area contributed by atoms with E-state index in [2.05, 4.69) is 9.71 Å². The Kier molecular flexibility index (Phi) is 6.90. The Balaban J connectivity index is 1.61. The Bertz CT molecular complexity index is 1100. The molecule has 1 heterocycles. The minimum absolute atomic E-state index is 0.0301. The molecule has 2 aromatic carbocycles. The molecule has 0 saturated heterocycles. The predicted octanol–water partition coefficient (Wildman–Crippen LogP) is 4.93. The monoisotopic (exact) mass is 448 g/mol. The van der Waals surface area contributed by atoms with Gasteiger partial charge in [-0.1, -0.05) is 47.5 Å². The second kappa shape index (κ2) is 9.39. The molecule has 0 amide bonds. The molecule has 0 unspecified atom stereocenters. The van der Waals surface area contributed by atoms with E-state index < -0.39 is 10.0 Å². The molecular formula is C21H18Cl2N2O3S. The summed E-state index contributed by atoms with van der Waals surface area (Å²) < 4.78 is 27.6. The van der Waals surface area contributed by atoms with Gasteiger partial charge in [0.1, 0.15) is 10.7 Å². The van der Waals surface area contributed by atoms with Crippen molar-refractivity contribution in [1.82, 2.24) is 4.98 Å². The van der Waals surface area contributed by atoms with Crippen LogP contribution in [0, 0.1) is 0 Å². The summed E-state index contributed by atoms with van der Waals surface area (Å²) in [5.74, 6) is 0.105. The van der Waals surface area contributed by atoms with Crippen molar-refractivity contribution in [3.8, 4) is 0 Å². The van der Waals surface area contributed by atoms with E-state index in [0.717, 1.165) is 11.1 Å². The van der Waals surface area contributed by atoms with E-state index in [1.807, 2.05) is 12.1 Å². The quantitative estimate of drug-likeness (QED) is 0.529. The van der Waals surface area contributed by atoms with Crippen LogP contribution in [-0.4, -0.2) is 19.2 Å². The first-order valence-corrected chi connectivity index (χ1v) is 11.1. The van der Waals surface area contributed by atoms with E-state index in [-0.39, 0.29) is 27.1 Å². The van der Waals surface area contributed by atoms with Gasteiger partial charge >= 0.3 is 0 Å². The molecule has 29 heavy (non-hydrogen) atoms. The van der Waals surface area contributed by atoms with Crippen molar-refractivity contribution in [3.63, 3.8) is 0 Å². The highest BCUT2D eigenvalue weighted by molar-refractivity contribution is 7.92. The second-order valence-corrected chi connectivity index (χ2v) is 8.87. The van der Waals surface area contributed by atoms with Crippen molar-refractivity contribution in [3.05, 3.63) is 88.2 Å². The van der Waals surface area contributed by atoms with Gasteiger partial charge in [0.2, 0.25) is 0 Å². The Hall–Kier alpha value is -2.41. The third kappa shape index (κ3) is 5.79. The lowest BCUT2D eigenvalue weighted by atomic mass is 10.0. The molecule has 0 atom stereocenters. The lowest BCUT2D eigenvalue weighted by molar-refractivity contribution is -0.118. The van der Waals surface area contributed by atoms with E-state index in [0.29, 0.717) is 18.5 Å². The van der Waals surface area contributed by atoms with E-state index in [9.17, 15) is 13.2 Å². The Morgan fingerprint density at radius 2 is 1.72 bits per heavy atom. The summed E-state index contributed by atoms with van der Waals surface area (Å²) in [7, 11) is -3.88. The molecule has 0 aliphatic rings. The van der Waals surface area contributed by atoms with Gasteiger partial charge in [-0.2, -0.15) is 0 Å². The number of anilines is 1. The number of Topliss-reactive ketones (excluding diaryl/α,β-unsaturated/α-hetero) is 1. The molecule has 0 aliphatic carbocycles. The molecule has 0 spiro atoms. The third-order valence-electron chi connectivity index (χ3n) is 4.23. The summed E-state index contributed by atoms with van der Waals surface area (Å²) in [4.78, 5) is 16.1. The molecule has 0 radical (unpaired) electrons. The van der Waals surface area contributed by atoms with Crippen LogP contribution < -0.4 is 4.72 Å². The molecule has 0 aliphatic heterocycles. The van der Waals surface area contributed by atoms with Crippen LogP contribution in [0.2, 0.25) is 10.0 Å². The van der Waals surface area contributed by atoms with Crippen molar-refractivity contribution < 1.29 is 13.2 Å². The summed E-state index contributed by atoms with van der Waals surface area (Å²) in [6.07, 6.45) is 4.80. The maximum Gasteiger partial charge on any atom is 0.263 e. The van der Waals surface area contributed by atoms with Gasteiger partial charge in [-0.25, -0.2) is 8.42 Å². The second-order valence-electron chi connectivity index (χ2n) is 6.43. The number of pyridine rings is 1. The first-order chi connectivity index (χ1) is 13.8. The predicted molar refractivity (Wildman–Crippen MR) is 115 cm³/mol. The van der Waals surface area contributed by atoms with Crippen LogP contribution in [0.3, 0.4) is 0 Å². The molecule has 3 aromatic rings. The van der Waals surface area contributed by atoms with Crippen molar-refractivity contribution in [1.29, 1.82) is 0 Å². The van der Waals surface area contributed by atoms with Crippen molar-refractivity contribution >= 4 is 44.7 Å². The topological polar surface area (TPSA) is 76.1 Å². The number of aromatic nitrogens is 1. The molecule has 150 valence electrons. The number of carbonyl (C=O) groups is 1. The van der Waals surface area contributed by atoms with Gasteiger partial charge in [0.25, 0.3) is 10.0 Å². The van der Waals surface area contributed by atoms with E-state index >= 15 is 0 Å². The molecule has 0 saturated carbocycles. The summed E-state index contributed by atoms with van der Waals surface area (Å²) in [6.45, 7) is 0. The number of halogens is 2. The van der Waals surface area contributed by atoms with Crippen LogP contribution >= 0.6 is 23.2 Å². The van der Waals surface area contributed by atoms with E-state index in [1.54, 1.807) is 36.7 Å². The van der Waals surface area contributed by atoms with Gasteiger partial charge in [-0.05, 0) is 47.9 Å². The maximum atomic E-state index is 12.5. The van der Waals surface area contributed by atoms with E-state index in [1.165, 1.54) is 18.2 Å². The van der Waals surface area contributed by atoms with Crippen molar-refractivity contribution in [2.24, 2.45) is 0 Å². The number of sulfonamides is 1. The fourth-order valence-corrected chi connectivity index (χ4v) is 4.56. The Morgan fingerprint density at radius 1 is 0.966 bits per heavy atom. The molecular weight excluding hydrogens is 431 g/mol. The van der Waals surface area contributed by atoms with Crippen LogP contribution in [-0.2, 0) is 27.7 Å². The highest BCUT2D eigenvalue weighted by atomic mass is 35.5. The number of nitrogens with zero attached hydrogens (tertiary/aromatic N) is 1. The van der Waals surface area contributed by atoms with E-state index in [4.69, 9.17) is 23.2 Å². The lowest BCUT2D eigenvalue weighted by Gasteiger charge is -2.11. The van der Waals surface area contributed by atoms with Crippen molar-refractivity contribution in [2.45, 2.75) is 24.2 Å². The number of ketones is 1. The average molecular weight is 449 g/mol. The fourth-order valence-electron chi connectivity index (χ4n) is 2.74. The van der Waals surface area contributed by atoms with Gasteiger partial charge in [0.05, 0.1) is 10.0 Å². The van der Waals surface area contributed by atoms with Gasteiger partial charge in [-0.3, -0.25) is 14.5 Å². The number of nitrogens with one attached hydrogen (secondary N) is 1. The number of benzene rings is 2. The van der Waals surface area contributed by atoms with Gasteiger partial charge in [0, 0.05) is 30.9 Å². The van der Waals surface area contributed by atoms with Crippen LogP contribution in [0.1, 0.15) is 17.5 Å². The molecule has 3 rings (SSSR count). The zero-order valence-corrected chi connectivity index (χ0v) is 17.6. The van der Waals surface area contributed by atoms with Crippen LogP contribution in [0.4, 0.5) is 5.69 Å².